The van der Waals surface area contributed by atoms with Crippen LogP contribution in [0.5, 0.6) is 11.5 Å². The minimum Gasteiger partial charge on any atom is -0.497 e. The number of methoxy groups -OCH3 is 2. The second-order valence-electron chi connectivity index (χ2n) is 6.50. The Balaban J connectivity index is 1.88. The lowest BCUT2D eigenvalue weighted by Crippen LogP contribution is -2.15. The molecule has 0 fully saturated rings. The fourth-order valence-electron chi connectivity index (χ4n) is 2.71. The summed E-state index contributed by atoms with van der Waals surface area (Å²) in [7, 11) is -1.05. The SMILES string of the molecule is COc1ccc(NS(=O)(=O)c2cc(NC(=O)c3cc(C)c(C)s3)ccc2OC)cc1. The number of anilines is 2. The summed E-state index contributed by atoms with van der Waals surface area (Å²) in [5.74, 6) is 0.476. The molecule has 30 heavy (non-hydrogen) atoms. The second-order valence-corrected chi connectivity index (χ2v) is 9.41. The summed E-state index contributed by atoms with van der Waals surface area (Å²) in [5, 5.41) is 2.75. The first-order chi connectivity index (χ1) is 14.2. The Morgan fingerprint density at radius 1 is 0.933 bits per heavy atom. The van der Waals surface area contributed by atoms with E-state index >= 15 is 0 Å². The third kappa shape index (κ3) is 4.74. The number of sulfonamides is 1. The Morgan fingerprint density at radius 2 is 1.60 bits per heavy atom. The van der Waals surface area contributed by atoms with Crippen molar-refractivity contribution in [3.63, 3.8) is 0 Å². The van der Waals surface area contributed by atoms with Crippen molar-refractivity contribution in [2.75, 3.05) is 24.3 Å². The number of carbonyl (C=O) groups excluding carboxylic acids is 1. The van der Waals surface area contributed by atoms with Gasteiger partial charge in [-0.1, -0.05) is 0 Å². The van der Waals surface area contributed by atoms with Gasteiger partial charge in [0.1, 0.15) is 16.4 Å². The van der Waals surface area contributed by atoms with Crippen molar-refractivity contribution < 1.29 is 22.7 Å². The largest absolute Gasteiger partial charge is 0.497 e. The molecular formula is C21H22N2O5S2. The average molecular weight is 447 g/mol. The predicted molar refractivity (Wildman–Crippen MR) is 119 cm³/mol. The van der Waals surface area contributed by atoms with E-state index in [1.807, 2.05) is 19.9 Å². The van der Waals surface area contributed by atoms with Gasteiger partial charge in [0, 0.05) is 16.3 Å². The molecule has 0 bridgehead atoms. The van der Waals surface area contributed by atoms with Crippen molar-refractivity contribution in [3.8, 4) is 11.5 Å². The van der Waals surface area contributed by atoms with Crippen molar-refractivity contribution in [1.29, 1.82) is 0 Å². The maximum atomic E-state index is 13.0. The van der Waals surface area contributed by atoms with Crippen LogP contribution in [0, 0.1) is 13.8 Å². The van der Waals surface area contributed by atoms with Crippen molar-refractivity contribution in [3.05, 3.63) is 63.8 Å². The van der Waals surface area contributed by atoms with Crippen molar-refractivity contribution >= 4 is 38.6 Å². The molecule has 3 rings (SSSR count). The van der Waals surface area contributed by atoms with E-state index in [9.17, 15) is 13.2 Å². The van der Waals surface area contributed by atoms with Crippen LogP contribution < -0.4 is 19.5 Å². The first kappa shape index (κ1) is 21.7. The lowest BCUT2D eigenvalue weighted by molar-refractivity contribution is 0.103. The fraction of sp³-hybridized carbons (Fsp3) is 0.190. The summed E-state index contributed by atoms with van der Waals surface area (Å²) >= 11 is 1.39. The summed E-state index contributed by atoms with van der Waals surface area (Å²) < 4.78 is 38.7. The summed E-state index contributed by atoms with van der Waals surface area (Å²) in [5.41, 5.74) is 1.75. The van der Waals surface area contributed by atoms with Crippen LogP contribution in [0.25, 0.3) is 0 Å². The number of carbonyl (C=O) groups is 1. The van der Waals surface area contributed by atoms with Crippen LogP contribution in [-0.2, 0) is 10.0 Å². The Bertz CT molecular complexity index is 1150. The Kier molecular flexibility index (Phi) is 6.33. The number of aryl methyl sites for hydroxylation is 2. The molecule has 0 spiro atoms. The van der Waals surface area contributed by atoms with Gasteiger partial charge < -0.3 is 14.8 Å². The highest BCUT2D eigenvalue weighted by Crippen LogP contribution is 2.30. The summed E-state index contributed by atoms with van der Waals surface area (Å²) in [6, 6.07) is 12.8. The molecule has 0 radical (unpaired) electrons. The van der Waals surface area contributed by atoms with Gasteiger partial charge in [-0.3, -0.25) is 9.52 Å². The number of hydrogen-bond donors (Lipinski definition) is 2. The first-order valence-electron chi connectivity index (χ1n) is 8.97. The molecule has 158 valence electrons. The third-order valence-corrected chi connectivity index (χ3v) is 7.00. The third-order valence-electron chi connectivity index (χ3n) is 4.44. The molecule has 0 saturated heterocycles. The zero-order valence-electron chi connectivity index (χ0n) is 17.0. The molecular weight excluding hydrogens is 424 g/mol. The first-order valence-corrected chi connectivity index (χ1v) is 11.3. The van der Waals surface area contributed by atoms with Gasteiger partial charge in [-0.25, -0.2) is 8.42 Å². The zero-order valence-corrected chi connectivity index (χ0v) is 18.6. The van der Waals surface area contributed by atoms with Gasteiger partial charge >= 0.3 is 0 Å². The second kappa shape index (κ2) is 8.76. The lowest BCUT2D eigenvalue weighted by Gasteiger charge is -2.14. The maximum Gasteiger partial charge on any atom is 0.265 e. The topological polar surface area (TPSA) is 93.7 Å². The maximum absolute atomic E-state index is 13.0. The van der Waals surface area contributed by atoms with E-state index in [0.717, 1.165) is 10.4 Å². The molecule has 0 unspecified atom stereocenters. The molecule has 3 aromatic rings. The number of ether oxygens (including phenoxy) is 2. The molecule has 1 amide bonds. The zero-order chi connectivity index (χ0) is 21.9. The highest BCUT2D eigenvalue weighted by Gasteiger charge is 2.21. The molecule has 1 aromatic heterocycles. The molecule has 2 aromatic carbocycles. The molecule has 0 aliphatic rings. The standard InChI is InChI=1S/C21H22N2O5S2/c1-13-11-19(29-14(13)2)21(24)22-16-7-10-18(28-4)20(12-16)30(25,26)23-15-5-8-17(27-3)9-6-15/h5-12,23H,1-4H3,(H,22,24). The lowest BCUT2D eigenvalue weighted by atomic mass is 10.2. The number of nitrogens with one attached hydrogen (secondary N) is 2. The van der Waals surface area contributed by atoms with E-state index in [1.54, 1.807) is 30.3 Å². The Morgan fingerprint density at radius 3 is 2.17 bits per heavy atom. The van der Waals surface area contributed by atoms with Crippen LogP contribution in [0.2, 0.25) is 0 Å². The van der Waals surface area contributed by atoms with E-state index in [1.165, 1.54) is 37.7 Å². The average Bonchev–Trinajstić information content (AvgIpc) is 3.07. The molecule has 0 saturated carbocycles. The predicted octanol–water partition coefficient (Wildman–Crippen LogP) is 4.44. The fourth-order valence-corrected chi connectivity index (χ4v) is 4.90. The number of hydrogen-bond acceptors (Lipinski definition) is 6. The van der Waals surface area contributed by atoms with E-state index < -0.39 is 10.0 Å². The van der Waals surface area contributed by atoms with Crippen molar-refractivity contribution in [1.82, 2.24) is 0 Å². The van der Waals surface area contributed by atoms with Crippen LogP contribution in [0.15, 0.2) is 53.4 Å². The number of thiophene rings is 1. The minimum atomic E-state index is -3.97. The van der Waals surface area contributed by atoms with Crippen LogP contribution in [0.4, 0.5) is 11.4 Å². The van der Waals surface area contributed by atoms with E-state index in [-0.39, 0.29) is 16.6 Å². The highest BCUT2D eigenvalue weighted by molar-refractivity contribution is 7.92. The van der Waals surface area contributed by atoms with Crippen molar-refractivity contribution in [2.24, 2.45) is 0 Å². The van der Waals surface area contributed by atoms with Gasteiger partial charge in [0.15, 0.2) is 0 Å². The van der Waals surface area contributed by atoms with Gasteiger partial charge in [0.2, 0.25) is 0 Å². The van der Waals surface area contributed by atoms with Crippen LogP contribution in [0.3, 0.4) is 0 Å². The van der Waals surface area contributed by atoms with Crippen LogP contribution in [-0.4, -0.2) is 28.5 Å². The highest BCUT2D eigenvalue weighted by atomic mass is 32.2. The molecule has 0 aliphatic carbocycles. The summed E-state index contributed by atoms with van der Waals surface area (Å²) in [4.78, 5) is 14.1. The van der Waals surface area contributed by atoms with Crippen molar-refractivity contribution in [2.45, 2.75) is 18.7 Å². The molecule has 1 heterocycles. The Labute approximate surface area is 179 Å². The molecule has 7 nitrogen and oxygen atoms in total. The van der Waals surface area contributed by atoms with Gasteiger partial charge in [-0.15, -0.1) is 11.3 Å². The monoisotopic (exact) mass is 446 g/mol. The van der Waals surface area contributed by atoms with Crippen LogP contribution >= 0.6 is 11.3 Å². The quantitative estimate of drug-likeness (QED) is 0.560. The molecule has 0 aliphatic heterocycles. The number of benzene rings is 2. The van der Waals surface area contributed by atoms with Gasteiger partial charge in [0.05, 0.1) is 19.1 Å². The number of rotatable bonds is 7. The van der Waals surface area contributed by atoms with Crippen LogP contribution in [0.1, 0.15) is 20.1 Å². The smallest absolute Gasteiger partial charge is 0.265 e. The van der Waals surface area contributed by atoms with E-state index in [2.05, 4.69) is 10.0 Å². The van der Waals surface area contributed by atoms with E-state index in [0.29, 0.717) is 22.0 Å². The normalized spacial score (nSPS) is 11.1. The minimum absolute atomic E-state index is 0.0860. The molecule has 9 heteroatoms. The van der Waals surface area contributed by atoms with Gasteiger partial charge in [-0.05, 0) is 67.9 Å². The summed E-state index contributed by atoms with van der Waals surface area (Å²) in [6.45, 7) is 3.88. The Hall–Kier alpha value is -3.04. The van der Waals surface area contributed by atoms with Gasteiger partial charge in [0.25, 0.3) is 15.9 Å². The van der Waals surface area contributed by atoms with Gasteiger partial charge in [-0.2, -0.15) is 0 Å². The van der Waals surface area contributed by atoms with E-state index in [4.69, 9.17) is 9.47 Å². The number of amides is 1. The summed E-state index contributed by atoms with van der Waals surface area (Å²) in [6.07, 6.45) is 0. The molecule has 0 atom stereocenters. The molecule has 2 N–H and O–H groups in total.